The van der Waals surface area contributed by atoms with Gasteiger partial charge in [-0.25, -0.2) is 0 Å². The quantitative estimate of drug-likeness (QED) is 0.761. The van der Waals surface area contributed by atoms with Crippen LogP contribution in [-0.4, -0.2) is 11.7 Å². The second-order valence-corrected chi connectivity index (χ2v) is 3.93. The maximum absolute atomic E-state index is 9.90. The van der Waals surface area contributed by atoms with Crippen LogP contribution in [0.5, 0.6) is 0 Å². The van der Waals surface area contributed by atoms with Crippen molar-refractivity contribution in [2.75, 3.05) is 6.54 Å². The van der Waals surface area contributed by atoms with Crippen LogP contribution >= 0.6 is 0 Å². The van der Waals surface area contributed by atoms with E-state index in [1.807, 2.05) is 12.1 Å². The topological polar surface area (TPSA) is 46.2 Å². The van der Waals surface area contributed by atoms with Crippen molar-refractivity contribution in [2.45, 2.75) is 31.8 Å². The summed E-state index contributed by atoms with van der Waals surface area (Å²) in [5.74, 6) is 0. The van der Waals surface area contributed by atoms with Gasteiger partial charge >= 0.3 is 0 Å². The van der Waals surface area contributed by atoms with Gasteiger partial charge < -0.3 is 10.8 Å². The maximum Gasteiger partial charge on any atom is 0.0804 e. The van der Waals surface area contributed by atoms with Crippen molar-refractivity contribution < 1.29 is 5.11 Å². The lowest BCUT2D eigenvalue weighted by Gasteiger charge is -2.14. The van der Waals surface area contributed by atoms with Gasteiger partial charge in [-0.15, -0.1) is 0 Å². The average molecular weight is 191 g/mol. The second-order valence-electron chi connectivity index (χ2n) is 3.93. The average Bonchev–Trinajstić information content (AvgIpc) is 2.65. The summed E-state index contributed by atoms with van der Waals surface area (Å²) < 4.78 is 0. The molecule has 0 aliphatic heterocycles. The van der Waals surface area contributed by atoms with Gasteiger partial charge in [-0.1, -0.05) is 18.2 Å². The van der Waals surface area contributed by atoms with Crippen LogP contribution in [0.1, 0.15) is 35.6 Å². The van der Waals surface area contributed by atoms with Gasteiger partial charge in [0.25, 0.3) is 0 Å². The Hall–Kier alpha value is -0.860. The van der Waals surface area contributed by atoms with Gasteiger partial charge in [-0.05, 0) is 48.9 Å². The van der Waals surface area contributed by atoms with Gasteiger partial charge in [0, 0.05) is 0 Å². The van der Waals surface area contributed by atoms with E-state index in [-0.39, 0.29) is 6.10 Å². The van der Waals surface area contributed by atoms with E-state index < -0.39 is 0 Å². The Labute approximate surface area is 84.7 Å². The van der Waals surface area contributed by atoms with Crippen LogP contribution in [0.2, 0.25) is 0 Å². The zero-order valence-corrected chi connectivity index (χ0v) is 8.37. The van der Waals surface area contributed by atoms with Gasteiger partial charge in [-0.3, -0.25) is 0 Å². The van der Waals surface area contributed by atoms with Gasteiger partial charge in [-0.2, -0.15) is 0 Å². The van der Waals surface area contributed by atoms with E-state index in [2.05, 4.69) is 6.07 Å². The monoisotopic (exact) mass is 191 g/mol. The Bertz CT molecular complexity index is 322. The Balaban J connectivity index is 2.29. The highest BCUT2D eigenvalue weighted by Crippen LogP contribution is 2.29. The van der Waals surface area contributed by atoms with E-state index in [0.717, 1.165) is 12.0 Å². The molecule has 2 heteroatoms. The van der Waals surface area contributed by atoms with Crippen molar-refractivity contribution >= 4 is 0 Å². The first kappa shape index (κ1) is 9.69. The van der Waals surface area contributed by atoms with Gasteiger partial charge in [0.2, 0.25) is 0 Å². The number of aryl methyl sites for hydroxylation is 1. The van der Waals surface area contributed by atoms with E-state index in [1.54, 1.807) is 0 Å². The molecular weight excluding hydrogens is 174 g/mol. The third-order valence-corrected chi connectivity index (χ3v) is 2.98. The number of nitrogens with two attached hydrogens (primary N) is 1. The summed E-state index contributed by atoms with van der Waals surface area (Å²) in [5.41, 5.74) is 9.34. The summed E-state index contributed by atoms with van der Waals surface area (Å²) in [6, 6.07) is 6.24. The van der Waals surface area contributed by atoms with Crippen molar-refractivity contribution in [2.24, 2.45) is 5.73 Å². The minimum Gasteiger partial charge on any atom is -0.388 e. The summed E-state index contributed by atoms with van der Waals surface area (Å²) in [6.07, 6.45) is 3.80. The maximum atomic E-state index is 9.90. The first-order valence-corrected chi connectivity index (χ1v) is 5.31. The highest BCUT2D eigenvalue weighted by Gasteiger charge is 2.18. The van der Waals surface area contributed by atoms with E-state index in [1.165, 1.54) is 24.0 Å². The Morgan fingerprint density at radius 1 is 1.36 bits per heavy atom. The first-order chi connectivity index (χ1) is 6.83. The molecule has 0 heterocycles. The molecule has 0 saturated carbocycles. The zero-order chi connectivity index (χ0) is 9.97. The number of hydrogen-bond acceptors (Lipinski definition) is 2. The van der Waals surface area contributed by atoms with E-state index in [0.29, 0.717) is 13.0 Å². The third kappa shape index (κ3) is 1.68. The molecule has 3 N–H and O–H groups in total. The predicted molar refractivity (Wildman–Crippen MR) is 57.1 cm³/mol. The van der Waals surface area contributed by atoms with Crippen molar-refractivity contribution in [3.63, 3.8) is 0 Å². The molecule has 2 rings (SSSR count). The molecule has 0 radical (unpaired) electrons. The molecule has 0 aromatic heterocycles. The van der Waals surface area contributed by atoms with Crippen LogP contribution in [0.15, 0.2) is 18.2 Å². The number of hydrogen-bond donors (Lipinski definition) is 2. The zero-order valence-electron chi connectivity index (χ0n) is 8.37. The summed E-state index contributed by atoms with van der Waals surface area (Å²) in [7, 11) is 0. The Morgan fingerprint density at radius 3 is 3.00 bits per heavy atom. The lowest BCUT2D eigenvalue weighted by Crippen LogP contribution is -2.08. The molecule has 2 nitrogen and oxygen atoms in total. The van der Waals surface area contributed by atoms with Crippen molar-refractivity contribution in [1.29, 1.82) is 0 Å². The van der Waals surface area contributed by atoms with Gasteiger partial charge in [0.1, 0.15) is 0 Å². The van der Waals surface area contributed by atoms with Crippen molar-refractivity contribution in [3.05, 3.63) is 34.9 Å². The first-order valence-electron chi connectivity index (χ1n) is 5.31. The molecule has 0 fully saturated rings. The van der Waals surface area contributed by atoms with Crippen molar-refractivity contribution in [1.82, 2.24) is 0 Å². The predicted octanol–water partition coefficient (Wildman–Crippen LogP) is 1.56. The van der Waals surface area contributed by atoms with Crippen LogP contribution in [0.25, 0.3) is 0 Å². The van der Waals surface area contributed by atoms with Crippen LogP contribution in [-0.2, 0) is 12.8 Å². The number of fused-ring (bicyclic) bond motifs is 1. The molecule has 0 saturated heterocycles. The van der Waals surface area contributed by atoms with E-state index in [9.17, 15) is 5.11 Å². The SMILES string of the molecule is NCCC(O)c1cccc2c1CCC2. The molecule has 14 heavy (non-hydrogen) atoms. The number of rotatable bonds is 3. The normalized spacial score (nSPS) is 16.7. The molecule has 76 valence electrons. The molecule has 1 atom stereocenters. The van der Waals surface area contributed by atoms with E-state index >= 15 is 0 Å². The smallest absolute Gasteiger partial charge is 0.0804 e. The Kier molecular flexibility index (Phi) is 2.85. The largest absolute Gasteiger partial charge is 0.388 e. The lowest BCUT2D eigenvalue weighted by molar-refractivity contribution is 0.169. The molecule has 0 amide bonds. The molecule has 1 unspecified atom stereocenters. The lowest BCUT2D eigenvalue weighted by atomic mass is 9.97. The second kappa shape index (κ2) is 4.11. The third-order valence-electron chi connectivity index (χ3n) is 2.98. The highest BCUT2D eigenvalue weighted by molar-refractivity contribution is 5.39. The Morgan fingerprint density at radius 2 is 2.21 bits per heavy atom. The van der Waals surface area contributed by atoms with Gasteiger partial charge in [0.15, 0.2) is 0 Å². The molecule has 1 aliphatic rings. The highest BCUT2D eigenvalue weighted by atomic mass is 16.3. The molecule has 0 spiro atoms. The minimum absolute atomic E-state index is 0.368. The number of benzene rings is 1. The fourth-order valence-electron chi connectivity index (χ4n) is 2.27. The number of aliphatic hydroxyl groups excluding tert-OH is 1. The van der Waals surface area contributed by atoms with E-state index in [4.69, 9.17) is 5.73 Å². The molecule has 1 aromatic rings. The van der Waals surface area contributed by atoms with Gasteiger partial charge in [0.05, 0.1) is 6.10 Å². The molecule has 0 bridgehead atoms. The molecular formula is C12H17NO. The summed E-state index contributed by atoms with van der Waals surface area (Å²) in [6.45, 7) is 0.546. The summed E-state index contributed by atoms with van der Waals surface area (Å²) >= 11 is 0. The van der Waals surface area contributed by atoms with Crippen molar-refractivity contribution in [3.8, 4) is 0 Å². The standard InChI is InChI=1S/C12H17NO/c13-8-7-12(14)11-6-2-4-9-3-1-5-10(9)11/h2,4,6,12,14H,1,3,5,7-8,13H2. The van der Waals surface area contributed by atoms with Crippen LogP contribution in [0, 0.1) is 0 Å². The number of aliphatic hydroxyl groups is 1. The molecule has 1 aliphatic carbocycles. The van der Waals surface area contributed by atoms with Crippen LogP contribution in [0.3, 0.4) is 0 Å². The summed E-state index contributed by atoms with van der Waals surface area (Å²) in [5, 5.41) is 9.90. The van der Waals surface area contributed by atoms with Crippen LogP contribution in [0.4, 0.5) is 0 Å². The molecule has 1 aromatic carbocycles. The summed E-state index contributed by atoms with van der Waals surface area (Å²) in [4.78, 5) is 0. The van der Waals surface area contributed by atoms with Crippen LogP contribution < -0.4 is 5.73 Å². The fraction of sp³-hybridized carbons (Fsp3) is 0.500. The fourth-order valence-corrected chi connectivity index (χ4v) is 2.27. The minimum atomic E-state index is -0.368.